The molecule has 0 saturated heterocycles. The number of aromatic nitrogens is 4. The molecule has 0 fully saturated rings. The van der Waals surface area contributed by atoms with Gasteiger partial charge >= 0.3 is 0 Å². The number of rotatable bonds is 9. The van der Waals surface area contributed by atoms with E-state index in [4.69, 9.17) is 20.2 Å². The van der Waals surface area contributed by atoms with Crippen LogP contribution in [0.2, 0.25) is 0 Å². The fourth-order valence-corrected chi connectivity index (χ4v) is 3.05. The monoisotopic (exact) mass is 383 g/mol. The van der Waals surface area contributed by atoms with E-state index in [9.17, 15) is 0 Å². The van der Waals surface area contributed by atoms with Gasteiger partial charge in [0.05, 0.1) is 13.2 Å². The Morgan fingerprint density at radius 1 is 1.14 bits per heavy atom. The molecular weight excluding hydrogens is 354 g/mol. The van der Waals surface area contributed by atoms with Crippen LogP contribution in [-0.2, 0) is 13.0 Å². The molecule has 0 spiro atoms. The van der Waals surface area contributed by atoms with Gasteiger partial charge in [0.2, 0.25) is 0 Å². The molecule has 28 heavy (non-hydrogen) atoms. The molecule has 3 aromatic rings. The summed E-state index contributed by atoms with van der Waals surface area (Å²) in [5.74, 6) is 2.63. The van der Waals surface area contributed by atoms with E-state index in [0.717, 1.165) is 48.3 Å². The number of nitrogens with two attached hydrogens (primary N) is 1. The van der Waals surface area contributed by atoms with Crippen molar-refractivity contribution in [1.82, 2.24) is 19.7 Å². The standard InChI is InChI=1S/C21H29N5O2/c1-5-7-8-17-23-18-19(21(25-24-20(18)22)28-14(3)6-2)26(17)13-15-9-11-16(27-4)12-10-15/h9-12,14H,5-8,13H2,1-4H3,(H2,22,24). The summed E-state index contributed by atoms with van der Waals surface area (Å²) >= 11 is 0. The molecule has 0 aliphatic carbocycles. The molecule has 1 unspecified atom stereocenters. The van der Waals surface area contributed by atoms with Crippen molar-refractivity contribution in [1.29, 1.82) is 0 Å². The van der Waals surface area contributed by atoms with Crippen molar-refractivity contribution in [2.24, 2.45) is 0 Å². The number of methoxy groups -OCH3 is 1. The van der Waals surface area contributed by atoms with Crippen LogP contribution < -0.4 is 15.2 Å². The minimum atomic E-state index is 0.0320. The number of nitrogen functional groups attached to an aromatic ring is 1. The predicted octanol–water partition coefficient (Wildman–Crippen LogP) is 3.99. The normalized spacial score (nSPS) is 12.3. The Morgan fingerprint density at radius 2 is 1.89 bits per heavy atom. The lowest BCUT2D eigenvalue weighted by Crippen LogP contribution is -2.14. The van der Waals surface area contributed by atoms with Crippen molar-refractivity contribution in [3.8, 4) is 11.6 Å². The van der Waals surface area contributed by atoms with Crippen molar-refractivity contribution in [3.63, 3.8) is 0 Å². The van der Waals surface area contributed by atoms with Crippen molar-refractivity contribution in [3.05, 3.63) is 35.7 Å². The molecule has 0 aliphatic rings. The summed E-state index contributed by atoms with van der Waals surface area (Å²) in [6.45, 7) is 6.92. The first kappa shape index (κ1) is 19.9. The number of nitrogens with zero attached hydrogens (tertiary/aromatic N) is 4. The highest BCUT2D eigenvalue weighted by atomic mass is 16.5. The van der Waals surface area contributed by atoms with E-state index in [1.807, 2.05) is 19.1 Å². The average Bonchev–Trinajstić information content (AvgIpc) is 3.08. The zero-order valence-electron chi connectivity index (χ0n) is 17.1. The SMILES string of the molecule is CCCCc1nc2c(N)nnc(OC(C)CC)c2n1Cc1ccc(OC)cc1. The molecule has 0 radical (unpaired) electrons. The molecule has 2 heterocycles. The molecule has 0 aliphatic heterocycles. The van der Waals surface area contributed by atoms with Crippen molar-refractivity contribution < 1.29 is 9.47 Å². The van der Waals surface area contributed by atoms with E-state index >= 15 is 0 Å². The molecule has 0 bridgehead atoms. The molecule has 0 saturated carbocycles. The van der Waals surface area contributed by atoms with Gasteiger partial charge in [-0.1, -0.05) is 32.4 Å². The lowest BCUT2D eigenvalue weighted by atomic mass is 10.2. The second-order valence-corrected chi connectivity index (χ2v) is 6.99. The largest absolute Gasteiger partial charge is 0.497 e. The first-order valence-corrected chi connectivity index (χ1v) is 9.88. The number of ether oxygens (including phenoxy) is 2. The number of unbranched alkanes of at least 4 members (excludes halogenated alkanes) is 1. The van der Waals surface area contributed by atoms with Crippen LogP contribution >= 0.6 is 0 Å². The Labute approximate surface area is 165 Å². The third-order valence-corrected chi connectivity index (χ3v) is 4.88. The summed E-state index contributed by atoms with van der Waals surface area (Å²) in [6.07, 6.45) is 3.92. The van der Waals surface area contributed by atoms with Gasteiger partial charge in [0.25, 0.3) is 5.88 Å². The van der Waals surface area contributed by atoms with Crippen LogP contribution in [0.25, 0.3) is 11.0 Å². The van der Waals surface area contributed by atoms with E-state index in [-0.39, 0.29) is 6.10 Å². The minimum absolute atomic E-state index is 0.0320. The van der Waals surface area contributed by atoms with Gasteiger partial charge in [-0.05, 0) is 37.5 Å². The molecule has 2 aromatic heterocycles. The van der Waals surface area contributed by atoms with Gasteiger partial charge < -0.3 is 19.8 Å². The molecule has 7 heteroatoms. The fourth-order valence-electron chi connectivity index (χ4n) is 3.05. The Kier molecular flexibility index (Phi) is 6.34. The molecule has 1 atom stereocenters. The average molecular weight is 383 g/mol. The second-order valence-electron chi connectivity index (χ2n) is 6.99. The summed E-state index contributed by atoms with van der Waals surface area (Å²) in [5, 5.41) is 8.31. The van der Waals surface area contributed by atoms with Crippen LogP contribution in [0.5, 0.6) is 11.6 Å². The van der Waals surface area contributed by atoms with E-state index in [0.29, 0.717) is 23.8 Å². The van der Waals surface area contributed by atoms with E-state index in [1.54, 1.807) is 7.11 Å². The number of aryl methyl sites for hydroxylation is 1. The summed E-state index contributed by atoms with van der Waals surface area (Å²) < 4.78 is 13.5. The van der Waals surface area contributed by atoms with Gasteiger partial charge in [-0.3, -0.25) is 0 Å². The third-order valence-electron chi connectivity index (χ3n) is 4.88. The number of hydrogen-bond donors (Lipinski definition) is 1. The van der Waals surface area contributed by atoms with Gasteiger partial charge in [0, 0.05) is 13.0 Å². The maximum absolute atomic E-state index is 6.11. The number of fused-ring (bicyclic) bond motifs is 1. The lowest BCUT2D eigenvalue weighted by Gasteiger charge is -2.15. The number of hydrogen-bond acceptors (Lipinski definition) is 6. The summed E-state index contributed by atoms with van der Waals surface area (Å²) in [7, 11) is 1.67. The maximum Gasteiger partial charge on any atom is 0.260 e. The second kappa shape index (κ2) is 8.91. The van der Waals surface area contributed by atoms with E-state index < -0.39 is 0 Å². The Bertz CT molecular complexity index is 921. The van der Waals surface area contributed by atoms with Crippen LogP contribution in [0.1, 0.15) is 51.4 Å². The van der Waals surface area contributed by atoms with Gasteiger partial charge in [-0.15, -0.1) is 10.2 Å². The van der Waals surface area contributed by atoms with Crippen LogP contribution in [0.3, 0.4) is 0 Å². The number of imidazole rings is 1. The van der Waals surface area contributed by atoms with Crippen LogP contribution in [-0.4, -0.2) is 33.0 Å². The van der Waals surface area contributed by atoms with Crippen molar-refractivity contribution in [2.75, 3.05) is 12.8 Å². The summed E-state index contributed by atoms with van der Waals surface area (Å²) in [4.78, 5) is 4.80. The smallest absolute Gasteiger partial charge is 0.260 e. The summed E-state index contributed by atoms with van der Waals surface area (Å²) in [6, 6.07) is 8.04. The molecule has 3 rings (SSSR count). The highest BCUT2D eigenvalue weighted by molar-refractivity contribution is 5.88. The van der Waals surface area contributed by atoms with E-state index in [1.165, 1.54) is 0 Å². The quantitative estimate of drug-likeness (QED) is 0.601. The molecule has 7 nitrogen and oxygen atoms in total. The van der Waals surface area contributed by atoms with Crippen molar-refractivity contribution in [2.45, 2.75) is 59.1 Å². The Balaban J connectivity index is 2.10. The number of benzene rings is 1. The Hall–Kier alpha value is -2.83. The zero-order chi connectivity index (χ0) is 20.1. The summed E-state index contributed by atoms with van der Waals surface area (Å²) in [5.41, 5.74) is 8.73. The Morgan fingerprint density at radius 3 is 2.54 bits per heavy atom. The van der Waals surface area contributed by atoms with Gasteiger partial charge in [0.15, 0.2) is 5.82 Å². The lowest BCUT2D eigenvalue weighted by molar-refractivity contribution is 0.208. The van der Waals surface area contributed by atoms with E-state index in [2.05, 4.69) is 40.7 Å². The third kappa shape index (κ3) is 4.18. The van der Waals surface area contributed by atoms with Gasteiger partial charge in [-0.2, -0.15) is 0 Å². The van der Waals surface area contributed by atoms with Gasteiger partial charge in [0.1, 0.15) is 22.6 Å². The van der Waals surface area contributed by atoms with Crippen LogP contribution in [0, 0.1) is 0 Å². The van der Waals surface area contributed by atoms with Gasteiger partial charge in [-0.25, -0.2) is 4.98 Å². The highest BCUT2D eigenvalue weighted by Gasteiger charge is 2.20. The van der Waals surface area contributed by atoms with Crippen LogP contribution in [0.4, 0.5) is 5.82 Å². The molecular formula is C21H29N5O2. The zero-order valence-corrected chi connectivity index (χ0v) is 17.1. The minimum Gasteiger partial charge on any atom is -0.497 e. The predicted molar refractivity (Wildman–Crippen MR) is 111 cm³/mol. The number of anilines is 1. The molecule has 2 N–H and O–H groups in total. The molecule has 0 amide bonds. The first-order chi connectivity index (χ1) is 13.6. The molecule has 1 aromatic carbocycles. The highest BCUT2D eigenvalue weighted by Crippen LogP contribution is 2.30. The topological polar surface area (TPSA) is 88.1 Å². The fraction of sp³-hybridized carbons (Fsp3) is 0.476. The maximum atomic E-state index is 6.11. The van der Waals surface area contributed by atoms with Crippen molar-refractivity contribution >= 4 is 16.9 Å². The molecule has 150 valence electrons. The van der Waals surface area contributed by atoms with Crippen LogP contribution in [0.15, 0.2) is 24.3 Å². The first-order valence-electron chi connectivity index (χ1n) is 9.88.